The van der Waals surface area contributed by atoms with Gasteiger partial charge in [-0.05, 0) is 47.3 Å². The molecule has 1 saturated carbocycles. The van der Waals surface area contributed by atoms with Crippen molar-refractivity contribution in [1.82, 2.24) is 10.2 Å². The highest BCUT2D eigenvalue weighted by molar-refractivity contribution is 7.10. The number of nitrogens with zero attached hydrogens (tertiary/aromatic N) is 1. The van der Waals surface area contributed by atoms with Crippen LogP contribution in [0.1, 0.15) is 61.1 Å². The molecule has 1 saturated heterocycles. The molecule has 5 heteroatoms. The van der Waals surface area contributed by atoms with Crippen molar-refractivity contribution >= 4 is 23.2 Å². The number of nitrogens with one attached hydrogen (secondary N) is 1. The first-order chi connectivity index (χ1) is 13.5. The van der Waals surface area contributed by atoms with Gasteiger partial charge >= 0.3 is 0 Å². The average Bonchev–Trinajstić information content (AvgIpc) is 3.19. The zero-order valence-corrected chi connectivity index (χ0v) is 17.4. The van der Waals surface area contributed by atoms with E-state index < -0.39 is 0 Å². The maximum absolute atomic E-state index is 13.0. The minimum atomic E-state index is -0.247. The molecule has 4 rings (SSSR count). The molecule has 2 fully saturated rings. The van der Waals surface area contributed by atoms with E-state index in [1.807, 2.05) is 16.3 Å². The fourth-order valence-corrected chi connectivity index (χ4v) is 4.65. The lowest BCUT2D eigenvalue weighted by molar-refractivity contribution is -0.129. The Kier molecular flexibility index (Phi) is 5.54. The molecule has 1 aliphatic carbocycles. The number of amides is 2. The average molecular weight is 397 g/mol. The molecule has 28 heavy (non-hydrogen) atoms. The molecule has 4 nitrogen and oxygen atoms in total. The number of thiophene rings is 1. The van der Waals surface area contributed by atoms with Gasteiger partial charge in [-0.3, -0.25) is 9.59 Å². The summed E-state index contributed by atoms with van der Waals surface area (Å²) in [4.78, 5) is 28.3. The summed E-state index contributed by atoms with van der Waals surface area (Å²) in [6.45, 7) is 5.74. The van der Waals surface area contributed by atoms with E-state index in [4.69, 9.17) is 0 Å². The van der Waals surface area contributed by atoms with Crippen LogP contribution in [-0.4, -0.2) is 29.8 Å². The number of likely N-dealkylation sites (tertiary alicyclic amines) is 1. The fraction of sp³-hybridized carbons (Fsp3) is 0.478. The molecule has 2 amide bonds. The molecule has 2 aromatic rings. The Morgan fingerprint density at radius 3 is 2.50 bits per heavy atom. The van der Waals surface area contributed by atoms with Gasteiger partial charge in [0.2, 0.25) is 11.8 Å². The molecule has 2 aliphatic rings. The first-order valence-corrected chi connectivity index (χ1v) is 11.1. The molecule has 2 heterocycles. The van der Waals surface area contributed by atoms with Crippen LogP contribution in [0.3, 0.4) is 0 Å². The summed E-state index contributed by atoms with van der Waals surface area (Å²) in [5.41, 5.74) is 2.37. The van der Waals surface area contributed by atoms with E-state index in [1.54, 1.807) is 11.3 Å². The highest BCUT2D eigenvalue weighted by Crippen LogP contribution is 2.33. The Balaban J connectivity index is 1.48. The predicted molar refractivity (Wildman–Crippen MR) is 112 cm³/mol. The molecule has 1 aliphatic heterocycles. The molecular formula is C23H28N2O2S. The van der Waals surface area contributed by atoms with Crippen LogP contribution in [0.4, 0.5) is 0 Å². The van der Waals surface area contributed by atoms with Crippen LogP contribution in [0.25, 0.3) is 0 Å². The Morgan fingerprint density at radius 1 is 1.18 bits per heavy atom. The van der Waals surface area contributed by atoms with Gasteiger partial charge < -0.3 is 10.2 Å². The van der Waals surface area contributed by atoms with Gasteiger partial charge in [-0.2, -0.15) is 0 Å². The van der Waals surface area contributed by atoms with Gasteiger partial charge in [-0.25, -0.2) is 0 Å². The number of hydrogen-bond acceptors (Lipinski definition) is 3. The quantitative estimate of drug-likeness (QED) is 0.757. The van der Waals surface area contributed by atoms with Crippen LogP contribution in [-0.2, 0) is 9.59 Å². The maximum Gasteiger partial charge on any atom is 0.226 e. The first kappa shape index (κ1) is 19.2. The molecule has 2 atom stereocenters. The summed E-state index contributed by atoms with van der Waals surface area (Å²) >= 11 is 1.65. The van der Waals surface area contributed by atoms with Crippen molar-refractivity contribution in [2.75, 3.05) is 13.1 Å². The molecule has 1 N–H and O–H groups in total. The third-order valence-electron chi connectivity index (χ3n) is 5.81. The molecule has 0 bridgehead atoms. The second-order valence-electron chi connectivity index (χ2n) is 8.42. The summed E-state index contributed by atoms with van der Waals surface area (Å²) < 4.78 is 0. The molecule has 0 spiro atoms. The summed E-state index contributed by atoms with van der Waals surface area (Å²) in [7, 11) is 0. The fourth-order valence-electron chi connectivity index (χ4n) is 3.84. The number of rotatable bonds is 7. The minimum absolute atomic E-state index is 0.0158. The summed E-state index contributed by atoms with van der Waals surface area (Å²) in [5.74, 6) is 0.998. The van der Waals surface area contributed by atoms with Crippen LogP contribution >= 0.6 is 11.3 Å². The number of hydrogen-bond donors (Lipinski definition) is 1. The normalized spacial score (nSPS) is 20.6. The molecular weight excluding hydrogens is 368 g/mol. The van der Waals surface area contributed by atoms with Crippen LogP contribution < -0.4 is 5.32 Å². The maximum atomic E-state index is 13.0. The van der Waals surface area contributed by atoms with E-state index >= 15 is 0 Å². The summed E-state index contributed by atoms with van der Waals surface area (Å²) in [6, 6.07) is 12.4. The topological polar surface area (TPSA) is 49.4 Å². The number of carbonyl (C=O) groups is 2. The molecule has 2 unspecified atom stereocenters. The smallest absolute Gasteiger partial charge is 0.226 e. The van der Waals surface area contributed by atoms with Crippen molar-refractivity contribution < 1.29 is 9.59 Å². The lowest BCUT2D eigenvalue weighted by atomic mass is 9.97. The van der Waals surface area contributed by atoms with E-state index in [0.29, 0.717) is 24.8 Å². The van der Waals surface area contributed by atoms with E-state index in [2.05, 4.69) is 49.5 Å². The van der Waals surface area contributed by atoms with E-state index in [1.165, 1.54) is 18.4 Å². The van der Waals surface area contributed by atoms with Crippen molar-refractivity contribution in [2.45, 2.75) is 45.1 Å². The SMILES string of the molecule is CC(C)c1ccc(C(NC(=O)C2CC(=O)N(CC3CC3)C2)c2cccs2)cc1. The van der Waals surface area contributed by atoms with Gasteiger partial charge in [0.05, 0.1) is 12.0 Å². The van der Waals surface area contributed by atoms with Crippen molar-refractivity contribution in [3.05, 3.63) is 57.8 Å². The Hall–Kier alpha value is -2.14. The lowest BCUT2D eigenvalue weighted by Crippen LogP contribution is -2.36. The minimum Gasteiger partial charge on any atom is -0.344 e. The Labute approximate surface area is 170 Å². The number of carbonyl (C=O) groups excluding carboxylic acids is 2. The van der Waals surface area contributed by atoms with Gasteiger partial charge in [0.1, 0.15) is 0 Å². The highest BCUT2D eigenvalue weighted by Gasteiger charge is 2.37. The standard InChI is InChI=1S/C23H28N2O2S/c1-15(2)17-7-9-18(10-8-17)22(20-4-3-11-28-20)24-23(27)19-12-21(26)25(14-19)13-16-5-6-16/h3-4,7-11,15-16,19,22H,5-6,12-14H2,1-2H3,(H,24,27). The third-order valence-corrected chi connectivity index (χ3v) is 6.75. The molecule has 0 radical (unpaired) electrons. The van der Waals surface area contributed by atoms with Crippen LogP contribution in [0.5, 0.6) is 0 Å². The van der Waals surface area contributed by atoms with E-state index in [9.17, 15) is 9.59 Å². The largest absolute Gasteiger partial charge is 0.344 e. The van der Waals surface area contributed by atoms with Crippen molar-refractivity contribution in [3.8, 4) is 0 Å². The molecule has 1 aromatic carbocycles. The van der Waals surface area contributed by atoms with E-state index in [-0.39, 0.29) is 23.8 Å². The lowest BCUT2D eigenvalue weighted by Gasteiger charge is -2.21. The van der Waals surface area contributed by atoms with Crippen molar-refractivity contribution in [2.24, 2.45) is 11.8 Å². The van der Waals surface area contributed by atoms with E-state index in [0.717, 1.165) is 17.0 Å². The molecule has 148 valence electrons. The van der Waals surface area contributed by atoms with Crippen LogP contribution in [0.15, 0.2) is 41.8 Å². The van der Waals surface area contributed by atoms with Crippen LogP contribution in [0.2, 0.25) is 0 Å². The number of benzene rings is 1. The van der Waals surface area contributed by atoms with Gasteiger partial charge in [0, 0.05) is 24.4 Å². The first-order valence-electron chi connectivity index (χ1n) is 10.2. The van der Waals surface area contributed by atoms with Gasteiger partial charge in [0.15, 0.2) is 0 Å². The zero-order valence-electron chi connectivity index (χ0n) is 16.6. The molecule has 1 aromatic heterocycles. The van der Waals surface area contributed by atoms with Gasteiger partial charge in [-0.1, -0.05) is 44.2 Å². The van der Waals surface area contributed by atoms with Gasteiger partial charge in [-0.15, -0.1) is 11.3 Å². The van der Waals surface area contributed by atoms with Gasteiger partial charge in [0.25, 0.3) is 0 Å². The second kappa shape index (κ2) is 8.08. The summed E-state index contributed by atoms with van der Waals surface area (Å²) in [5, 5.41) is 5.26. The Bertz CT molecular complexity index is 825. The predicted octanol–water partition coefficient (Wildman–Crippen LogP) is 4.34. The third kappa shape index (κ3) is 4.30. The van der Waals surface area contributed by atoms with Crippen molar-refractivity contribution in [1.29, 1.82) is 0 Å². The highest BCUT2D eigenvalue weighted by atomic mass is 32.1. The Morgan fingerprint density at radius 2 is 1.89 bits per heavy atom. The van der Waals surface area contributed by atoms with Crippen LogP contribution in [0, 0.1) is 11.8 Å². The van der Waals surface area contributed by atoms with Crippen molar-refractivity contribution in [3.63, 3.8) is 0 Å². The second-order valence-corrected chi connectivity index (χ2v) is 9.40. The monoisotopic (exact) mass is 396 g/mol. The summed E-state index contributed by atoms with van der Waals surface area (Å²) in [6.07, 6.45) is 2.77. The zero-order chi connectivity index (χ0) is 19.7.